The Bertz CT molecular complexity index is 98.7. The molecule has 0 bridgehead atoms. The van der Waals surface area contributed by atoms with Crippen molar-refractivity contribution in [2.75, 3.05) is 6.61 Å². The van der Waals surface area contributed by atoms with Crippen LogP contribution in [0, 0.1) is 0 Å². The largest absolute Gasteiger partial charge is 0.378 e. The van der Waals surface area contributed by atoms with Crippen LogP contribution in [0.2, 0.25) is 0 Å². The fourth-order valence-electron chi connectivity index (χ4n) is 0.856. The second-order valence-corrected chi connectivity index (χ2v) is 2.17. The van der Waals surface area contributed by atoms with Crippen LogP contribution >= 0.6 is 0 Å². The van der Waals surface area contributed by atoms with Crippen LogP contribution in [0.25, 0.3) is 0 Å². The van der Waals surface area contributed by atoms with Gasteiger partial charge in [0.2, 0.25) is 0 Å². The predicted molar refractivity (Wildman–Crippen MR) is 29.7 cm³/mol. The van der Waals surface area contributed by atoms with E-state index in [2.05, 4.69) is 0 Å². The molecule has 1 saturated heterocycles. The number of hydrogen-bond acceptors (Lipinski definition) is 2. The second kappa shape index (κ2) is 2.27. The second-order valence-electron chi connectivity index (χ2n) is 2.17. The Kier molecular flexibility index (Phi) is 1.63. The molecule has 0 aliphatic carbocycles. The van der Waals surface area contributed by atoms with Gasteiger partial charge in [-0.15, -0.1) is 0 Å². The smallest absolute Gasteiger partial charge is 0.137 e. The molecule has 0 spiro atoms. The minimum atomic E-state index is 0.163. The standard InChI is InChI=1S/C6H10O2/c1-5-4-6(7)2-3-8-5/h5H,2-4H2,1H3/t5-/m0/s1. The lowest BCUT2D eigenvalue weighted by Crippen LogP contribution is -2.22. The van der Waals surface area contributed by atoms with E-state index in [4.69, 9.17) is 4.74 Å². The average molecular weight is 114 g/mol. The Morgan fingerprint density at radius 1 is 1.75 bits per heavy atom. The fourth-order valence-corrected chi connectivity index (χ4v) is 0.856. The van der Waals surface area contributed by atoms with Crippen molar-refractivity contribution in [2.45, 2.75) is 25.9 Å². The summed E-state index contributed by atoms with van der Waals surface area (Å²) in [7, 11) is 0. The van der Waals surface area contributed by atoms with Crippen molar-refractivity contribution in [2.24, 2.45) is 0 Å². The summed E-state index contributed by atoms with van der Waals surface area (Å²) in [6.07, 6.45) is 1.39. The monoisotopic (exact) mass is 114 g/mol. The summed E-state index contributed by atoms with van der Waals surface area (Å²) in [5.41, 5.74) is 0. The number of hydrogen-bond donors (Lipinski definition) is 0. The topological polar surface area (TPSA) is 26.3 Å². The van der Waals surface area contributed by atoms with Crippen LogP contribution in [0.5, 0.6) is 0 Å². The van der Waals surface area contributed by atoms with E-state index in [1.807, 2.05) is 6.92 Å². The molecule has 2 heteroatoms. The Morgan fingerprint density at radius 2 is 2.50 bits per heavy atom. The SMILES string of the molecule is C[C@H]1CC(=O)CCO1. The molecule has 0 radical (unpaired) electrons. The maximum Gasteiger partial charge on any atom is 0.137 e. The van der Waals surface area contributed by atoms with E-state index in [1.165, 1.54) is 0 Å². The molecular formula is C6H10O2. The van der Waals surface area contributed by atoms with Crippen LogP contribution in [0.4, 0.5) is 0 Å². The Labute approximate surface area is 48.8 Å². The van der Waals surface area contributed by atoms with Gasteiger partial charge in [0.05, 0.1) is 12.7 Å². The lowest BCUT2D eigenvalue weighted by atomic mass is 10.1. The molecule has 1 aliphatic rings. The zero-order valence-electron chi connectivity index (χ0n) is 5.02. The number of ether oxygens (including phenoxy) is 1. The van der Waals surface area contributed by atoms with E-state index < -0.39 is 0 Å². The normalized spacial score (nSPS) is 30.6. The first kappa shape index (κ1) is 5.76. The molecule has 1 atom stereocenters. The maximum absolute atomic E-state index is 10.6. The van der Waals surface area contributed by atoms with Crippen molar-refractivity contribution in [1.82, 2.24) is 0 Å². The molecule has 0 aromatic heterocycles. The summed E-state index contributed by atoms with van der Waals surface area (Å²) in [6, 6.07) is 0. The average Bonchev–Trinajstić information content (AvgIpc) is 1.64. The van der Waals surface area contributed by atoms with Crippen LogP contribution in [0.1, 0.15) is 19.8 Å². The van der Waals surface area contributed by atoms with E-state index in [-0.39, 0.29) is 6.10 Å². The first-order valence-corrected chi connectivity index (χ1v) is 2.92. The van der Waals surface area contributed by atoms with Gasteiger partial charge in [-0.25, -0.2) is 0 Å². The van der Waals surface area contributed by atoms with Crippen molar-refractivity contribution in [3.63, 3.8) is 0 Å². The zero-order valence-corrected chi connectivity index (χ0v) is 5.02. The molecular weight excluding hydrogens is 104 g/mol. The number of rotatable bonds is 0. The van der Waals surface area contributed by atoms with Crippen LogP contribution in [-0.2, 0) is 9.53 Å². The highest BCUT2D eigenvalue weighted by molar-refractivity contribution is 5.79. The van der Waals surface area contributed by atoms with E-state index in [1.54, 1.807) is 0 Å². The van der Waals surface area contributed by atoms with Crippen LogP contribution in [0.3, 0.4) is 0 Å². The highest BCUT2D eigenvalue weighted by Gasteiger charge is 2.14. The summed E-state index contributed by atoms with van der Waals surface area (Å²) in [5.74, 6) is 0.337. The van der Waals surface area contributed by atoms with Gasteiger partial charge < -0.3 is 4.74 Å². The summed E-state index contributed by atoms with van der Waals surface area (Å²) in [4.78, 5) is 10.6. The first-order valence-electron chi connectivity index (χ1n) is 2.92. The molecule has 46 valence electrons. The fraction of sp³-hybridized carbons (Fsp3) is 0.833. The van der Waals surface area contributed by atoms with Crippen LogP contribution < -0.4 is 0 Å². The molecule has 8 heavy (non-hydrogen) atoms. The van der Waals surface area contributed by atoms with E-state index >= 15 is 0 Å². The summed E-state index contributed by atoms with van der Waals surface area (Å²) < 4.78 is 5.13. The lowest BCUT2D eigenvalue weighted by Gasteiger charge is -2.16. The number of Topliss-reactive ketones (excluding diaryl/α,β-unsaturated/α-hetero) is 1. The number of carbonyl (C=O) groups is 1. The molecule has 2 nitrogen and oxygen atoms in total. The van der Waals surface area contributed by atoms with E-state index in [9.17, 15) is 4.79 Å². The molecule has 0 unspecified atom stereocenters. The van der Waals surface area contributed by atoms with E-state index in [0.29, 0.717) is 25.2 Å². The summed E-state index contributed by atoms with van der Waals surface area (Å²) in [5, 5.41) is 0. The molecule has 1 rings (SSSR count). The third kappa shape index (κ3) is 1.30. The highest BCUT2D eigenvalue weighted by atomic mass is 16.5. The Morgan fingerprint density at radius 3 is 2.88 bits per heavy atom. The van der Waals surface area contributed by atoms with Gasteiger partial charge >= 0.3 is 0 Å². The lowest BCUT2D eigenvalue weighted by molar-refractivity contribution is -0.127. The van der Waals surface area contributed by atoms with Crippen molar-refractivity contribution in [1.29, 1.82) is 0 Å². The number of ketones is 1. The van der Waals surface area contributed by atoms with Crippen LogP contribution in [-0.4, -0.2) is 18.5 Å². The minimum absolute atomic E-state index is 0.163. The van der Waals surface area contributed by atoms with Gasteiger partial charge in [0.15, 0.2) is 0 Å². The molecule has 1 fully saturated rings. The predicted octanol–water partition coefficient (Wildman–Crippen LogP) is 0.754. The van der Waals surface area contributed by atoms with Crippen molar-refractivity contribution < 1.29 is 9.53 Å². The summed E-state index contributed by atoms with van der Waals surface area (Å²) in [6.45, 7) is 2.55. The maximum atomic E-state index is 10.6. The van der Waals surface area contributed by atoms with Crippen LogP contribution in [0.15, 0.2) is 0 Å². The van der Waals surface area contributed by atoms with Gasteiger partial charge in [-0.05, 0) is 6.92 Å². The molecule has 0 saturated carbocycles. The minimum Gasteiger partial charge on any atom is -0.378 e. The third-order valence-corrected chi connectivity index (χ3v) is 1.30. The molecule has 0 aromatic rings. The zero-order chi connectivity index (χ0) is 5.98. The van der Waals surface area contributed by atoms with Crippen molar-refractivity contribution in [3.05, 3.63) is 0 Å². The molecule has 1 heterocycles. The van der Waals surface area contributed by atoms with Gasteiger partial charge in [-0.1, -0.05) is 0 Å². The Hall–Kier alpha value is -0.370. The molecule has 0 aromatic carbocycles. The number of carbonyl (C=O) groups excluding carboxylic acids is 1. The Balaban J connectivity index is 2.34. The van der Waals surface area contributed by atoms with Gasteiger partial charge in [-0.3, -0.25) is 4.79 Å². The van der Waals surface area contributed by atoms with Gasteiger partial charge in [-0.2, -0.15) is 0 Å². The molecule has 0 amide bonds. The molecule has 1 aliphatic heterocycles. The first-order chi connectivity index (χ1) is 3.79. The van der Waals surface area contributed by atoms with Gasteiger partial charge in [0.25, 0.3) is 0 Å². The van der Waals surface area contributed by atoms with Gasteiger partial charge in [0, 0.05) is 12.8 Å². The van der Waals surface area contributed by atoms with Crippen molar-refractivity contribution in [3.8, 4) is 0 Å². The quantitative estimate of drug-likeness (QED) is 0.464. The third-order valence-electron chi connectivity index (χ3n) is 1.30. The van der Waals surface area contributed by atoms with Crippen molar-refractivity contribution >= 4 is 5.78 Å². The highest BCUT2D eigenvalue weighted by Crippen LogP contribution is 2.07. The summed E-state index contributed by atoms with van der Waals surface area (Å²) >= 11 is 0. The van der Waals surface area contributed by atoms with Gasteiger partial charge in [0.1, 0.15) is 5.78 Å². The molecule has 0 N–H and O–H groups in total. The van der Waals surface area contributed by atoms with E-state index in [0.717, 1.165) is 0 Å².